The second kappa shape index (κ2) is 13.1. The molecular formula is C28H39N3O3. The summed E-state index contributed by atoms with van der Waals surface area (Å²) in [5, 5.41) is 14.4. The van der Waals surface area contributed by atoms with Gasteiger partial charge in [-0.05, 0) is 31.7 Å². The van der Waals surface area contributed by atoms with E-state index in [-0.39, 0.29) is 25.3 Å². The highest BCUT2D eigenvalue weighted by Crippen LogP contribution is 2.44. The van der Waals surface area contributed by atoms with E-state index in [1.54, 1.807) is 6.08 Å². The Kier molecular flexibility index (Phi) is 10.6. The van der Waals surface area contributed by atoms with Crippen molar-refractivity contribution in [3.63, 3.8) is 0 Å². The third kappa shape index (κ3) is 6.82. The first kappa shape index (κ1) is 27.4. The first-order valence-corrected chi connectivity index (χ1v) is 12.1. The molecule has 0 spiro atoms. The lowest BCUT2D eigenvalue weighted by Gasteiger charge is -2.41. The standard InChI is InChI=1S/C28H39N3O3/c1-5-11-24(25(32)20-30-19-22-12-9-8-10-13-22)28(27(29)34)17-21(4)16-23(18-28)26(33)31(14-6-2)15-7-3/h1,8-10,12-13,16-17,24-25,30,32H,6-7,11,14-15,18-20H2,2-4H3,(H2,29,34)/t24-,25+,28?/m1/s1. The number of terminal acetylenes is 1. The number of hydrogen-bond acceptors (Lipinski definition) is 4. The number of nitrogens with zero attached hydrogens (tertiary/aromatic N) is 1. The predicted octanol–water partition coefficient (Wildman–Crippen LogP) is 3.17. The lowest BCUT2D eigenvalue weighted by atomic mass is 9.64. The Labute approximate surface area is 204 Å². The molecule has 1 aliphatic carbocycles. The van der Waals surface area contributed by atoms with E-state index in [0.717, 1.165) is 24.0 Å². The molecule has 2 amide bonds. The summed E-state index contributed by atoms with van der Waals surface area (Å²) in [5.74, 6) is 1.32. The second-order valence-electron chi connectivity index (χ2n) is 9.13. The minimum atomic E-state index is -1.24. The minimum absolute atomic E-state index is 0.0853. The van der Waals surface area contributed by atoms with E-state index >= 15 is 0 Å². The fourth-order valence-corrected chi connectivity index (χ4v) is 4.81. The van der Waals surface area contributed by atoms with Gasteiger partial charge in [0.2, 0.25) is 11.8 Å². The molecule has 184 valence electrons. The van der Waals surface area contributed by atoms with Crippen molar-refractivity contribution in [3.8, 4) is 12.3 Å². The van der Waals surface area contributed by atoms with Crippen LogP contribution in [0.3, 0.4) is 0 Å². The number of carbonyl (C=O) groups excluding carboxylic acids is 2. The van der Waals surface area contributed by atoms with E-state index in [9.17, 15) is 14.7 Å². The summed E-state index contributed by atoms with van der Waals surface area (Å²) in [6, 6.07) is 9.86. The number of primary amides is 1. The van der Waals surface area contributed by atoms with Gasteiger partial charge < -0.3 is 21.1 Å². The maximum atomic E-state index is 13.4. The smallest absolute Gasteiger partial charge is 0.249 e. The number of aliphatic hydroxyl groups is 1. The quantitative estimate of drug-likeness (QED) is 0.390. The topological polar surface area (TPSA) is 95.7 Å². The highest BCUT2D eigenvalue weighted by atomic mass is 16.3. The van der Waals surface area contributed by atoms with Crippen LogP contribution < -0.4 is 11.1 Å². The summed E-state index contributed by atoms with van der Waals surface area (Å²) in [4.78, 5) is 28.2. The number of nitrogens with two attached hydrogens (primary N) is 1. The highest BCUT2D eigenvalue weighted by molar-refractivity contribution is 5.96. The number of rotatable bonds is 13. The number of allylic oxidation sites excluding steroid dienone is 2. The van der Waals surface area contributed by atoms with Gasteiger partial charge in [-0.25, -0.2) is 0 Å². The Morgan fingerprint density at radius 1 is 1.24 bits per heavy atom. The fraction of sp³-hybridized carbons (Fsp3) is 0.500. The molecule has 6 heteroatoms. The van der Waals surface area contributed by atoms with E-state index in [0.29, 0.717) is 25.2 Å². The van der Waals surface area contributed by atoms with Crippen molar-refractivity contribution in [1.29, 1.82) is 0 Å². The third-order valence-electron chi connectivity index (χ3n) is 6.37. The van der Waals surface area contributed by atoms with Crippen LogP contribution in [0.5, 0.6) is 0 Å². The summed E-state index contributed by atoms with van der Waals surface area (Å²) < 4.78 is 0. The molecule has 0 heterocycles. The van der Waals surface area contributed by atoms with E-state index < -0.39 is 23.3 Å². The second-order valence-corrected chi connectivity index (χ2v) is 9.13. The van der Waals surface area contributed by atoms with E-state index in [1.165, 1.54) is 0 Å². The SMILES string of the molecule is C#CC[C@H]([C@@H](O)CNCc1ccccc1)C1(C(N)=O)C=C(C)C=C(C(=O)N(CCC)CCC)C1. The summed E-state index contributed by atoms with van der Waals surface area (Å²) >= 11 is 0. The Balaban J connectivity index is 2.29. The van der Waals surface area contributed by atoms with Crippen LogP contribution >= 0.6 is 0 Å². The highest BCUT2D eigenvalue weighted by Gasteiger charge is 2.48. The van der Waals surface area contributed by atoms with Crippen molar-refractivity contribution < 1.29 is 14.7 Å². The molecule has 0 aliphatic heterocycles. The molecule has 6 nitrogen and oxygen atoms in total. The number of nitrogens with one attached hydrogen (secondary N) is 1. The number of carbonyl (C=O) groups is 2. The zero-order valence-electron chi connectivity index (χ0n) is 20.7. The van der Waals surface area contributed by atoms with Crippen LogP contribution in [-0.2, 0) is 16.1 Å². The van der Waals surface area contributed by atoms with Gasteiger partial charge >= 0.3 is 0 Å². The van der Waals surface area contributed by atoms with Crippen LogP contribution in [0.15, 0.2) is 53.6 Å². The maximum absolute atomic E-state index is 13.4. The minimum Gasteiger partial charge on any atom is -0.391 e. The molecule has 0 bridgehead atoms. The first-order valence-electron chi connectivity index (χ1n) is 12.1. The van der Waals surface area contributed by atoms with Crippen molar-refractivity contribution in [1.82, 2.24) is 10.2 Å². The van der Waals surface area contributed by atoms with Crippen LogP contribution in [0, 0.1) is 23.7 Å². The van der Waals surface area contributed by atoms with Crippen molar-refractivity contribution in [2.75, 3.05) is 19.6 Å². The summed E-state index contributed by atoms with van der Waals surface area (Å²) in [7, 11) is 0. The number of aliphatic hydroxyl groups excluding tert-OH is 1. The van der Waals surface area contributed by atoms with Gasteiger partial charge in [-0.15, -0.1) is 12.3 Å². The average Bonchev–Trinajstić information content (AvgIpc) is 2.82. The van der Waals surface area contributed by atoms with E-state index in [1.807, 2.05) is 62.1 Å². The van der Waals surface area contributed by atoms with Gasteiger partial charge in [0.05, 0.1) is 11.5 Å². The van der Waals surface area contributed by atoms with Crippen molar-refractivity contribution in [3.05, 3.63) is 59.2 Å². The predicted molar refractivity (Wildman–Crippen MR) is 136 cm³/mol. The molecule has 2 rings (SSSR count). The average molecular weight is 466 g/mol. The largest absolute Gasteiger partial charge is 0.391 e. The van der Waals surface area contributed by atoms with Gasteiger partial charge in [-0.1, -0.05) is 61.9 Å². The van der Waals surface area contributed by atoms with E-state index in [4.69, 9.17) is 12.2 Å². The summed E-state index contributed by atoms with van der Waals surface area (Å²) in [6.45, 7) is 8.03. The zero-order valence-corrected chi connectivity index (χ0v) is 20.7. The molecule has 34 heavy (non-hydrogen) atoms. The zero-order chi connectivity index (χ0) is 25.1. The molecule has 1 unspecified atom stereocenters. The fourth-order valence-electron chi connectivity index (χ4n) is 4.81. The molecule has 0 saturated carbocycles. The van der Waals surface area contributed by atoms with Gasteiger partial charge in [0.15, 0.2) is 0 Å². The normalized spacial score (nSPS) is 19.4. The molecule has 0 saturated heterocycles. The molecule has 0 aromatic heterocycles. The van der Waals surface area contributed by atoms with Crippen LogP contribution in [-0.4, -0.2) is 47.6 Å². The molecule has 1 aliphatic rings. The van der Waals surface area contributed by atoms with Gasteiger partial charge in [0.25, 0.3) is 0 Å². The maximum Gasteiger partial charge on any atom is 0.249 e. The Hall–Kier alpha value is -2.88. The monoisotopic (exact) mass is 465 g/mol. The van der Waals surface area contributed by atoms with Crippen LogP contribution in [0.1, 0.15) is 52.0 Å². The molecule has 1 aromatic carbocycles. The number of benzene rings is 1. The summed E-state index contributed by atoms with van der Waals surface area (Å²) in [6.07, 6.45) is 10.3. The Morgan fingerprint density at radius 3 is 2.44 bits per heavy atom. The lowest BCUT2D eigenvalue weighted by Crippen LogP contribution is -2.51. The number of amides is 2. The third-order valence-corrected chi connectivity index (χ3v) is 6.37. The molecular weight excluding hydrogens is 426 g/mol. The van der Waals surface area contributed by atoms with Crippen LogP contribution in [0.4, 0.5) is 0 Å². The summed E-state index contributed by atoms with van der Waals surface area (Å²) in [5.41, 5.74) is 7.12. The van der Waals surface area contributed by atoms with Gasteiger partial charge in [-0.2, -0.15) is 0 Å². The van der Waals surface area contributed by atoms with Crippen molar-refractivity contribution in [2.45, 2.75) is 59.1 Å². The molecule has 1 aromatic rings. The van der Waals surface area contributed by atoms with Crippen LogP contribution in [0.2, 0.25) is 0 Å². The van der Waals surface area contributed by atoms with Gasteiger partial charge in [-0.3, -0.25) is 9.59 Å². The molecule has 0 radical (unpaired) electrons. The molecule has 0 fully saturated rings. The van der Waals surface area contributed by atoms with Crippen molar-refractivity contribution >= 4 is 11.8 Å². The Bertz CT molecular complexity index is 926. The number of hydrogen-bond donors (Lipinski definition) is 3. The molecule has 4 N–H and O–H groups in total. The Morgan fingerprint density at radius 2 is 1.88 bits per heavy atom. The lowest BCUT2D eigenvalue weighted by molar-refractivity contribution is -0.132. The first-order chi connectivity index (χ1) is 16.3. The van der Waals surface area contributed by atoms with Crippen LogP contribution in [0.25, 0.3) is 0 Å². The van der Waals surface area contributed by atoms with Gasteiger partial charge in [0, 0.05) is 44.1 Å². The van der Waals surface area contributed by atoms with Gasteiger partial charge in [0.1, 0.15) is 0 Å². The molecule has 3 atom stereocenters. The van der Waals surface area contributed by atoms with E-state index in [2.05, 4.69) is 11.2 Å². The van der Waals surface area contributed by atoms with Crippen molar-refractivity contribution in [2.24, 2.45) is 17.1 Å².